The van der Waals surface area contributed by atoms with Gasteiger partial charge in [0.15, 0.2) is 5.78 Å². The molecule has 3 atom stereocenters. The van der Waals surface area contributed by atoms with Gasteiger partial charge in [0.2, 0.25) is 0 Å². The van der Waals surface area contributed by atoms with Gasteiger partial charge in [0, 0.05) is 18.3 Å². The van der Waals surface area contributed by atoms with Crippen LogP contribution in [0.15, 0.2) is 12.2 Å². The minimum absolute atomic E-state index is 0.185. The molecular weight excluding hydrogens is 204 g/mol. The highest BCUT2D eigenvalue weighted by atomic mass is 16.3. The zero-order valence-electron chi connectivity index (χ0n) is 9.29. The van der Waals surface area contributed by atoms with Crippen LogP contribution in [0.5, 0.6) is 0 Å². The van der Waals surface area contributed by atoms with Gasteiger partial charge in [0.1, 0.15) is 11.4 Å². The molecule has 1 spiro atoms. The molecule has 4 aliphatic rings. The first kappa shape index (κ1) is 10.2. The lowest BCUT2D eigenvalue weighted by Gasteiger charge is -2.56. The van der Waals surface area contributed by atoms with Crippen molar-refractivity contribution < 1.29 is 14.7 Å². The summed E-state index contributed by atoms with van der Waals surface area (Å²) in [5.74, 6) is 0.234. The van der Waals surface area contributed by atoms with E-state index in [1.165, 1.54) is 0 Å². The van der Waals surface area contributed by atoms with Crippen molar-refractivity contribution in [2.75, 3.05) is 0 Å². The Bertz CT molecular complexity index is 389. The first-order valence-electron chi connectivity index (χ1n) is 5.96. The molecule has 4 rings (SSSR count). The zero-order valence-corrected chi connectivity index (χ0v) is 9.29. The van der Waals surface area contributed by atoms with Crippen molar-refractivity contribution in [1.29, 1.82) is 0 Å². The van der Waals surface area contributed by atoms with Crippen LogP contribution in [0.3, 0.4) is 0 Å². The molecule has 0 aromatic heterocycles. The fourth-order valence-electron chi connectivity index (χ4n) is 3.88. The van der Waals surface area contributed by atoms with Crippen molar-refractivity contribution >= 4 is 11.6 Å². The molecule has 1 N–H and O–H groups in total. The Balaban J connectivity index is 2.10. The molecule has 0 aliphatic heterocycles. The normalized spacial score (nSPS) is 47.1. The molecule has 0 radical (unpaired) electrons. The predicted octanol–water partition coefficient (Wildman–Crippen LogP) is 1.40. The summed E-state index contributed by atoms with van der Waals surface area (Å²) in [6, 6.07) is 0. The zero-order chi connectivity index (χ0) is 11.6. The van der Waals surface area contributed by atoms with Crippen molar-refractivity contribution in [2.24, 2.45) is 11.3 Å². The van der Waals surface area contributed by atoms with Crippen molar-refractivity contribution in [3.05, 3.63) is 12.2 Å². The van der Waals surface area contributed by atoms with Crippen molar-refractivity contribution in [1.82, 2.24) is 0 Å². The van der Waals surface area contributed by atoms with Crippen molar-refractivity contribution in [2.45, 2.75) is 44.1 Å². The Morgan fingerprint density at radius 1 is 1.25 bits per heavy atom. The number of aliphatic hydroxyl groups is 1. The van der Waals surface area contributed by atoms with Crippen LogP contribution in [0.25, 0.3) is 0 Å². The van der Waals surface area contributed by atoms with Crippen LogP contribution in [0.2, 0.25) is 0 Å². The Kier molecular flexibility index (Phi) is 1.81. The molecule has 16 heavy (non-hydrogen) atoms. The van der Waals surface area contributed by atoms with Gasteiger partial charge in [-0.3, -0.25) is 9.59 Å². The smallest absolute Gasteiger partial charge is 0.169 e. The average molecular weight is 220 g/mol. The van der Waals surface area contributed by atoms with Gasteiger partial charge in [0.25, 0.3) is 0 Å². The molecule has 0 aromatic carbocycles. The summed E-state index contributed by atoms with van der Waals surface area (Å²) in [5, 5.41) is 10.3. The molecule has 0 heterocycles. The maximum Gasteiger partial charge on any atom is 0.169 e. The molecule has 4 saturated carbocycles. The van der Waals surface area contributed by atoms with Crippen LogP contribution in [-0.4, -0.2) is 22.3 Å². The largest absolute Gasteiger partial charge is 0.378 e. The molecular formula is C13H16O3. The standard InChI is InChI=1S/C13H16O3/c1-8-5-12-7-11(15)13(8,16)6-9(12)3-2-4-10(12)14/h9,16H,1-7H2. The number of rotatable bonds is 0. The quantitative estimate of drug-likeness (QED) is 0.628. The molecule has 3 heteroatoms. The predicted molar refractivity (Wildman–Crippen MR) is 57.7 cm³/mol. The van der Waals surface area contributed by atoms with Crippen molar-refractivity contribution in [3.63, 3.8) is 0 Å². The molecule has 0 amide bonds. The van der Waals surface area contributed by atoms with E-state index in [1.54, 1.807) is 0 Å². The summed E-state index contributed by atoms with van der Waals surface area (Å²) < 4.78 is 0. The highest BCUT2D eigenvalue weighted by molar-refractivity contribution is 6.00. The van der Waals surface area contributed by atoms with E-state index in [1.807, 2.05) is 0 Å². The van der Waals surface area contributed by atoms with Gasteiger partial charge in [-0.25, -0.2) is 0 Å². The monoisotopic (exact) mass is 220 g/mol. The third kappa shape index (κ3) is 0.975. The maximum atomic E-state index is 12.1. The lowest BCUT2D eigenvalue weighted by molar-refractivity contribution is -0.166. The van der Waals surface area contributed by atoms with E-state index >= 15 is 0 Å². The lowest BCUT2D eigenvalue weighted by Crippen LogP contribution is -2.62. The third-order valence-electron chi connectivity index (χ3n) is 4.89. The van der Waals surface area contributed by atoms with E-state index < -0.39 is 11.0 Å². The van der Waals surface area contributed by atoms with E-state index in [9.17, 15) is 14.7 Å². The summed E-state index contributed by atoms with van der Waals surface area (Å²) in [6.45, 7) is 3.82. The van der Waals surface area contributed by atoms with E-state index in [4.69, 9.17) is 0 Å². The Hall–Kier alpha value is -0.960. The lowest BCUT2D eigenvalue weighted by atomic mass is 9.47. The first-order valence-corrected chi connectivity index (χ1v) is 5.96. The number of hydrogen-bond acceptors (Lipinski definition) is 3. The molecule has 0 aromatic rings. The highest BCUT2D eigenvalue weighted by Crippen LogP contribution is 2.59. The van der Waals surface area contributed by atoms with Crippen LogP contribution in [0.1, 0.15) is 38.5 Å². The Morgan fingerprint density at radius 2 is 2.00 bits per heavy atom. The molecule has 4 fully saturated rings. The maximum absolute atomic E-state index is 12.1. The van der Waals surface area contributed by atoms with E-state index in [2.05, 4.69) is 6.58 Å². The van der Waals surface area contributed by atoms with Gasteiger partial charge < -0.3 is 5.11 Å². The summed E-state index contributed by atoms with van der Waals surface area (Å²) in [4.78, 5) is 24.0. The van der Waals surface area contributed by atoms with Gasteiger partial charge >= 0.3 is 0 Å². The minimum atomic E-state index is -1.32. The van der Waals surface area contributed by atoms with Gasteiger partial charge in [-0.05, 0) is 37.2 Å². The minimum Gasteiger partial charge on any atom is -0.378 e. The van der Waals surface area contributed by atoms with Gasteiger partial charge in [-0.1, -0.05) is 6.58 Å². The summed E-state index contributed by atoms with van der Waals surface area (Å²) in [7, 11) is 0. The summed E-state index contributed by atoms with van der Waals surface area (Å²) >= 11 is 0. The topological polar surface area (TPSA) is 54.4 Å². The summed E-state index contributed by atoms with van der Waals surface area (Å²) in [5.41, 5.74) is -1.24. The second kappa shape index (κ2) is 2.83. The van der Waals surface area contributed by atoms with Gasteiger partial charge in [-0.2, -0.15) is 0 Å². The molecule has 3 unspecified atom stereocenters. The summed E-state index contributed by atoms with van der Waals surface area (Å²) in [6.07, 6.45) is 3.66. The SMILES string of the molecule is C=C1CC23CC(=O)C1(O)CC2CCCC3=O. The van der Waals surface area contributed by atoms with Crippen LogP contribution in [0.4, 0.5) is 0 Å². The van der Waals surface area contributed by atoms with Gasteiger partial charge in [0.05, 0.1) is 0 Å². The fraction of sp³-hybridized carbons (Fsp3) is 0.692. The number of Topliss-reactive ketones (excluding diaryl/α,β-unsaturated/α-hetero) is 2. The molecule has 0 saturated heterocycles. The van der Waals surface area contributed by atoms with Crippen LogP contribution >= 0.6 is 0 Å². The Morgan fingerprint density at radius 3 is 2.69 bits per heavy atom. The van der Waals surface area contributed by atoms with Crippen molar-refractivity contribution in [3.8, 4) is 0 Å². The highest BCUT2D eigenvalue weighted by Gasteiger charge is 2.63. The average Bonchev–Trinajstić information content (AvgIpc) is 2.21. The number of carbonyl (C=O) groups is 2. The Labute approximate surface area is 94.5 Å². The number of fused-ring (bicyclic) bond motifs is 2. The van der Waals surface area contributed by atoms with E-state index in [-0.39, 0.29) is 23.9 Å². The number of hydrogen-bond donors (Lipinski definition) is 1. The van der Waals surface area contributed by atoms with E-state index in [0.717, 1.165) is 12.8 Å². The van der Waals surface area contributed by atoms with Crippen LogP contribution in [-0.2, 0) is 9.59 Å². The fourth-order valence-corrected chi connectivity index (χ4v) is 3.88. The second-order valence-electron chi connectivity index (χ2n) is 5.61. The molecule has 3 nitrogen and oxygen atoms in total. The third-order valence-corrected chi connectivity index (χ3v) is 4.89. The second-order valence-corrected chi connectivity index (χ2v) is 5.61. The first-order chi connectivity index (χ1) is 7.49. The molecule has 2 bridgehead atoms. The van der Waals surface area contributed by atoms with E-state index in [0.29, 0.717) is 24.8 Å². The van der Waals surface area contributed by atoms with Crippen LogP contribution < -0.4 is 0 Å². The molecule has 86 valence electrons. The number of carbonyl (C=O) groups excluding carboxylic acids is 2. The number of ketones is 2. The molecule has 4 aliphatic carbocycles. The van der Waals surface area contributed by atoms with Gasteiger partial charge in [-0.15, -0.1) is 0 Å². The van der Waals surface area contributed by atoms with Crippen LogP contribution in [0, 0.1) is 11.3 Å².